The van der Waals surface area contributed by atoms with Gasteiger partial charge in [-0.3, -0.25) is 4.79 Å². The average Bonchev–Trinajstić information content (AvgIpc) is 2.44. The lowest BCUT2D eigenvalue weighted by Gasteiger charge is -2.10. The third-order valence-corrected chi connectivity index (χ3v) is 2.92. The number of nitrogens with two attached hydrogens (primary N) is 1. The zero-order valence-corrected chi connectivity index (χ0v) is 10.8. The van der Waals surface area contributed by atoms with E-state index in [1.807, 2.05) is 6.07 Å². The molecule has 0 heterocycles. The highest BCUT2D eigenvalue weighted by Crippen LogP contribution is 2.20. The second-order valence-corrected chi connectivity index (χ2v) is 4.30. The topological polar surface area (TPSA) is 78.9 Å². The summed E-state index contributed by atoms with van der Waals surface area (Å²) in [4.78, 5) is 12.1. The van der Waals surface area contributed by atoms with Gasteiger partial charge in [0.2, 0.25) is 0 Å². The fourth-order valence-electron chi connectivity index (χ4n) is 1.75. The highest BCUT2D eigenvalue weighted by Gasteiger charge is 2.13. The number of amides is 1. The predicted molar refractivity (Wildman–Crippen MR) is 74.7 cm³/mol. The molecule has 0 aliphatic rings. The Morgan fingerprint density at radius 2 is 2.10 bits per heavy atom. The number of aryl methyl sites for hydroxylation is 1. The number of carbonyl (C=O) groups is 1. The van der Waals surface area contributed by atoms with Gasteiger partial charge in [-0.1, -0.05) is 12.1 Å². The first kappa shape index (κ1) is 13.6. The van der Waals surface area contributed by atoms with Gasteiger partial charge in [0.25, 0.3) is 5.91 Å². The summed E-state index contributed by atoms with van der Waals surface area (Å²) in [5.74, 6) is -1.15. The molecule has 0 aliphatic heterocycles. The van der Waals surface area contributed by atoms with Crippen LogP contribution in [0.3, 0.4) is 0 Å². The number of rotatable bonds is 2. The van der Waals surface area contributed by atoms with Crippen molar-refractivity contribution in [3.8, 4) is 6.07 Å². The average molecular weight is 269 g/mol. The SMILES string of the molecule is Cc1cccc(C(=O)Nc2ccc(C#N)cc2F)c1N. The molecule has 0 saturated carbocycles. The molecule has 0 aromatic heterocycles. The Morgan fingerprint density at radius 3 is 2.75 bits per heavy atom. The monoisotopic (exact) mass is 269 g/mol. The van der Waals surface area contributed by atoms with Crippen LogP contribution in [0, 0.1) is 24.1 Å². The molecule has 0 spiro atoms. The highest BCUT2D eigenvalue weighted by molar-refractivity contribution is 6.08. The summed E-state index contributed by atoms with van der Waals surface area (Å²) in [6.07, 6.45) is 0. The Hall–Kier alpha value is -2.87. The Kier molecular flexibility index (Phi) is 3.67. The van der Waals surface area contributed by atoms with Crippen molar-refractivity contribution < 1.29 is 9.18 Å². The Bertz CT molecular complexity index is 720. The van der Waals surface area contributed by atoms with E-state index in [1.165, 1.54) is 12.1 Å². The van der Waals surface area contributed by atoms with Gasteiger partial charge in [0, 0.05) is 5.69 Å². The zero-order valence-electron chi connectivity index (χ0n) is 10.8. The van der Waals surface area contributed by atoms with E-state index >= 15 is 0 Å². The molecule has 0 atom stereocenters. The summed E-state index contributed by atoms with van der Waals surface area (Å²) in [5.41, 5.74) is 7.44. The molecule has 2 aromatic carbocycles. The number of hydrogen-bond donors (Lipinski definition) is 2. The first-order valence-corrected chi connectivity index (χ1v) is 5.89. The lowest BCUT2D eigenvalue weighted by molar-refractivity contribution is 0.102. The maximum atomic E-state index is 13.7. The number of halogens is 1. The van der Waals surface area contributed by atoms with E-state index in [-0.39, 0.29) is 16.8 Å². The Balaban J connectivity index is 2.29. The second-order valence-electron chi connectivity index (χ2n) is 4.30. The first-order chi connectivity index (χ1) is 9.52. The van der Waals surface area contributed by atoms with Gasteiger partial charge in [-0.05, 0) is 36.8 Å². The molecule has 2 aromatic rings. The summed E-state index contributed by atoms with van der Waals surface area (Å²) < 4.78 is 13.7. The molecule has 0 bridgehead atoms. The Morgan fingerprint density at radius 1 is 1.35 bits per heavy atom. The number of para-hydroxylation sites is 1. The summed E-state index contributed by atoms with van der Waals surface area (Å²) in [7, 11) is 0. The number of carbonyl (C=O) groups excluding carboxylic acids is 1. The van der Waals surface area contributed by atoms with Gasteiger partial charge >= 0.3 is 0 Å². The number of nitrogens with one attached hydrogen (secondary N) is 1. The molecule has 5 heteroatoms. The van der Waals surface area contributed by atoms with Crippen molar-refractivity contribution in [2.75, 3.05) is 11.1 Å². The largest absolute Gasteiger partial charge is 0.398 e. The molecule has 2 rings (SSSR count). The van der Waals surface area contributed by atoms with Crippen LogP contribution < -0.4 is 11.1 Å². The fraction of sp³-hybridized carbons (Fsp3) is 0.0667. The summed E-state index contributed by atoms with van der Waals surface area (Å²) in [5, 5.41) is 11.1. The van der Waals surface area contributed by atoms with Gasteiger partial charge in [-0.25, -0.2) is 4.39 Å². The molecule has 0 unspecified atom stereocenters. The molecule has 0 radical (unpaired) electrons. The maximum absolute atomic E-state index is 13.7. The number of nitriles is 1. The van der Waals surface area contributed by atoms with Crippen LogP contribution in [0.25, 0.3) is 0 Å². The molecule has 20 heavy (non-hydrogen) atoms. The third kappa shape index (κ3) is 2.59. The van der Waals surface area contributed by atoms with Gasteiger partial charge in [0.15, 0.2) is 0 Å². The zero-order chi connectivity index (χ0) is 14.7. The second kappa shape index (κ2) is 5.41. The molecule has 1 amide bonds. The summed E-state index contributed by atoms with van der Waals surface area (Å²) >= 11 is 0. The van der Waals surface area contributed by atoms with Crippen molar-refractivity contribution in [2.24, 2.45) is 0 Å². The smallest absolute Gasteiger partial charge is 0.257 e. The lowest BCUT2D eigenvalue weighted by atomic mass is 10.1. The molecule has 0 aliphatic carbocycles. The molecule has 0 fully saturated rings. The van der Waals surface area contributed by atoms with E-state index < -0.39 is 11.7 Å². The standard InChI is InChI=1S/C15H12FN3O/c1-9-3-2-4-11(14(9)18)15(20)19-13-6-5-10(8-17)7-12(13)16/h2-7H,18H2,1H3,(H,19,20). The molecule has 100 valence electrons. The van der Waals surface area contributed by atoms with Crippen LogP contribution >= 0.6 is 0 Å². The molecule has 3 N–H and O–H groups in total. The van der Waals surface area contributed by atoms with E-state index in [1.54, 1.807) is 25.1 Å². The van der Waals surface area contributed by atoms with Crippen LogP contribution in [0.15, 0.2) is 36.4 Å². The van der Waals surface area contributed by atoms with Crippen LogP contribution in [-0.2, 0) is 0 Å². The summed E-state index contributed by atoms with van der Waals surface area (Å²) in [6, 6.07) is 10.7. The van der Waals surface area contributed by atoms with Gasteiger partial charge in [0.1, 0.15) is 5.82 Å². The van der Waals surface area contributed by atoms with Crippen LogP contribution in [0.2, 0.25) is 0 Å². The molecular weight excluding hydrogens is 257 g/mol. The van der Waals surface area contributed by atoms with E-state index in [0.29, 0.717) is 5.69 Å². The lowest BCUT2D eigenvalue weighted by Crippen LogP contribution is -2.15. The minimum Gasteiger partial charge on any atom is -0.398 e. The number of nitrogen functional groups attached to an aromatic ring is 1. The van der Waals surface area contributed by atoms with Crippen molar-refractivity contribution in [2.45, 2.75) is 6.92 Å². The number of anilines is 2. The molecule has 4 nitrogen and oxygen atoms in total. The van der Waals surface area contributed by atoms with Crippen molar-refractivity contribution in [3.63, 3.8) is 0 Å². The van der Waals surface area contributed by atoms with Gasteiger partial charge in [-0.2, -0.15) is 5.26 Å². The third-order valence-electron chi connectivity index (χ3n) is 2.92. The van der Waals surface area contributed by atoms with Crippen molar-refractivity contribution in [1.29, 1.82) is 5.26 Å². The molecule has 0 saturated heterocycles. The first-order valence-electron chi connectivity index (χ1n) is 5.89. The van der Waals surface area contributed by atoms with Crippen LogP contribution in [-0.4, -0.2) is 5.91 Å². The van der Waals surface area contributed by atoms with Gasteiger partial charge < -0.3 is 11.1 Å². The number of hydrogen-bond acceptors (Lipinski definition) is 3. The minimum atomic E-state index is -0.663. The maximum Gasteiger partial charge on any atom is 0.257 e. The van der Waals surface area contributed by atoms with Crippen LogP contribution in [0.1, 0.15) is 21.5 Å². The van der Waals surface area contributed by atoms with Gasteiger partial charge in [0.05, 0.1) is 22.9 Å². The van der Waals surface area contributed by atoms with Crippen molar-refractivity contribution in [1.82, 2.24) is 0 Å². The van der Waals surface area contributed by atoms with Crippen LogP contribution in [0.5, 0.6) is 0 Å². The van der Waals surface area contributed by atoms with E-state index in [0.717, 1.165) is 11.6 Å². The predicted octanol–water partition coefficient (Wildman–Crippen LogP) is 2.84. The number of nitrogens with zero attached hydrogens (tertiary/aromatic N) is 1. The normalized spacial score (nSPS) is 9.85. The minimum absolute atomic E-state index is 0.00917. The van der Waals surface area contributed by atoms with E-state index in [4.69, 9.17) is 11.0 Å². The summed E-state index contributed by atoms with van der Waals surface area (Å²) in [6.45, 7) is 1.79. The van der Waals surface area contributed by atoms with Gasteiger partial charge in [-0.15, -0.1) is 0 Å². The Labute approximate surface area is 115 Å². The number of benzene rings is 2. The highest BCUT2D eigenvalue weighted by atomic mass is 19.1. The van der Waals surface area contributed by atoms with Crippen molar-refractivity contribution in [3.05, 3.63) is 58.9 Å². The molecular formula is C15H12FN3O. The van der Waals surface area contributed by atoms with Crippen LogP contribution in [0.4, 0.5) is 15.8 Å². The quantitative estimate of drug-likeness (QED) is 0.823. The van der Waals surface area contributed by atoms with E-state index in [2.05, 4.69) is 5.32 Å². The van der Waals surface area contributed by atoms with Crippen molar-refractivity contribution >= 4 is 17.3 Å². The van der Waals surface area contributed by atoms with E-state index in [9.17, 15) is 9.18 Å². The fourth-order valence-corrected chi connectivity index (χ4v) is 1.75.